The van der Waals surface area contributed by atoms with E-state index in [2.05, 4.69) is 49.2 Å². The second-order valence-corrected chi connectivity index (χ2v) is 11.7. The van der Waals surface area contributed by atoms with Crippen LogP contribution in [0.15, 0.2) is 0 Å². The van der Waals surface area contributed by atoms with E-state index in [0.29, 0.717) is 30.6 Å². The Hall–Kier alpha value is -0.280. The Bertz CT molecular complexity index is 509. The van der Waals surface area contributed by atoms with Crippen molar-refractivity contribution in [1.82, 2.24) is 0 Å². The average molecular weight is 389 g/mol. The van der Waals surface area contributed by atoms with Gasteiger partial charge in [-0.15, -0.1) is 0 Å². The fraction of sp³-hybridized carbons (Fsp3) is 0.957. The zero-order valence-corrected chi connectivity index (χ0v) is 20.2. The van der Waals surface area contributed by atoms with Crippen LogP contribution in [0.5, 0.6) is 0 Å². The summed E-state index contributed by atoms with van der Waals surface area (Å²) in [4.78, 5) is 12.1. The van der Waals surface area contributed by atoms with Crippen LogP contribution in [0.4, 0.5) is 0 Å². The summed E-state index contributed by atoms with van der Waals surface area (Å²) < 4.78 is 5.98. The summed E-state index contributed by atoms with van der Waals surface area (Å²) in [6.45, 7) is 19.9. The van der Waals surface area contributed by atoms with Crippen molar-refractivity contribution in [1.29, 1.82) is 0 Å². The molecule has 0 aromatic heterocycles. The highest BCUT2D eigenvalue weighted by molar-refractivity contribution is 6.50. The van der Waals surface area contributed by atoms with E-state index in [1.165, 1.54) is 19.3 Å². The number of Topliss-reactive ketones (excluding diaryl/α,β-unsaturated/α-hetero) is 1. The molecular weight excluding hydrogens is 344 g/mol. The number of hydrogen-bond donors (Lipinski definition) is 1. The van der Waals surface area contributed by atoms with Gasteiger partial charge in [-0.05, 0) is 19.8 Å². The molecule has 0 aromatic carbocycles. The summed E-state index contributed by atoms with van der Waals surface area (Å²) in [5, 5.41) is 0.459. The molecule has 2 radical (unpaired) electrons. The van der Waals surface area contributed by atoms with E-state index in [1.54, 1.807) is 0 Å². The first-order valence-electron chi connectivity index (χ1n) is 11.3. The lowest BCUT2D eigenvalue weighted by molar-refractivity contribution is -0.128. The van der Waals surface area contributed by atoms with Crippen molar-refractivity contribution in [2.45, 2.75) is 129 Å². The zero-order valence-electron chi connectivity index (χ0n) is 20.2. The van der Waals surface area contributed by atoms with Gasteiger partial charge in [0, 0.05) is 18.4 Å². The van der Waals surface area contributed by atoms with Gasteiger partial charge >= 0.3 is 0 Å². The third-order valence-electron chi connectivity index (χ3n) is 6.49. The second-order valence-electron chi connectivity index (χ2n) is 11.7. The average Bonchev–Trinajstić information content (AvgIpc) is 2.53. The highest BCUT2D eigenvalue weighted by Gasteiger charge is 2.39. The number of rotatable bonds is 12. The van der Waals surface area contributed by atoms with E-state index >= 15 is 0 Å². The molecule has 3 nitrogen and oxygen atoms in total. The monoisotopic (exact) mass is 389 g/mol. The normalized spacial score (nSPS) is 22.9. The van der Waals surface area contributed by atoms with Crippen molar-refractivity contribution in [3.8, 4) is 0 Å². The molecule has 1 rings (SSSR count). The molecular formula is C23H45B2NO2. The Balaban J connectivity index is 2.39. The molecule has 0 aliphatic heterocycles. The Morgan fingerprint density at radius 3 is 1.86 bits per heavy atom. The molecule has 0 amide bonds. The first-order chi connectivity index (χ1) is 12.6. The summed E-state index contributed by atoms with van der Waals surface area (Å²) in [6, 6.07) is 0. The molecule has 1 aliphatic rings. The van der Waals surface area contributed by atoms with Crippen LogP contribution in [-0.4, -0.2) is 32.7 Å². The van der Waals surface area contributed by atoms with Crippen molar-refractivity contribution in [2.24, 2.45) is 11.1 Å². The van der Waals surface area contributed by atoms with Gasteiger partial charge in [0.2, 0.25) is 0 Å². The molecule has 1 fully saturated rings. The second kappa shape index (κ2) is 9.69. The molecule has 3 atom stereocenters. The fourth-order valence-corrected chi connectivity index (χ4v) is 3.68. The fourth-order valence-electron chi connectivity index (χ4n) is 3.68. The van der Waals surface area contributed by atoms with Crippen LogP contribution < -0.4 is 5.73 Å². The van der Waals surface area contributed by atoms with Gasteiger partial charge in [-0.25, -0.2) is 0 Å². The number of hydrogen-bond acceptors (Lipinski definition) is 3. The molecule has 1 saturated carbocycles. The van der Waals surface area contributed by atoms with Gasteiger partial charge in [-0.2, -0.15) is 0 Å². The number of ether oxygens (including phenoxy) is 1. The van der Waals surface area contributed by atoms with Crippen molar-refractivity contribution in [3.05, 3.63) is 0 Å². The number of carbonyl (C=O) groups excluding carboxylic acids is 1. The lowest BCUT2D eigenvalue weighted by Crippen LogP contribution is -2.41. The first-order valence-corrected chi connectivity index (χ1v) is 11.3. The zero-order chi connectivity index (χ0) is 21.8. The predicted molar refractivity (Wildman–Crippen MR) is 123 cm³/mol. The van der Waals surface area contributed by atoms with Crippen LogP contribution in [-0.2, 0) is 9.53 Å². The molecule has 160 valence electrons. The quantitative estimate of drug-likeness (QED) is 0.327. The maximum absolute atomic E-state index is 12.1. The summed E-state index contributed by atoms with van der Waals surface area (Å²) in [5.74, 6) is 1.65. The Morgan fingerprint density at radius 1 is 0.929 bits per heavy atom. The molecule has 2 N–H and O–H groups in total. The Kier molecular flexibility index (Phi) is 8.91. The van der Waals surface area contributed by atoms with Crippen LogP contribution >= 0.6 is 0 Å². The van der Waals surface area contributed by atoms with Crippen LogP contribution in [0.3, 0.4) is 0 Å². The molecule has 28 heavy (non-hydrogen) atoms. The Morgan fingerprint density at radius 2 is 1.43 bits per heavy atom. The smallest absolute Gasteiger partial charge is 0.138 e. The molecule has 3 unspecified atom stereocenters. The van der Waals surface area contributed by atoms with Crippen LogP contribution in [0.2, 0.25) is 22.3 Å². The van der Waals surface area contributed by atoms with Gasteiger partial charge < -0.3 is 10.5 Å². The highest BCUT2D eigenvalue weighted by atomic mass is 16.5. The van der Waals surface area contributed by atoms with Crippen molar-refractivity contribution in [2.75, 3.05) is 6.61 Å². The number of ketones is 1. The predicted octanol–water partition coefficient (Wildman–Crippen LogP) is 6.05. The van der Waals surface area contributed by atoms with E-state index in [1.807, 2.05) is 27.7 Å². The minimum atomic E-state index is -0.741. The van der Waals surface area contributed by atoms with Crippen LogP contribution in [0.1, 0.15) is 101 Å². The van der Waals surface area contributed by atoms with E-state index in [-0.39, 0.29) is 16.5 Å². The van der Waals surface area contributed by atoms with E-state index in [4.69, 9.17) is 10.5 Å². The van der Waals surface area contributed by atoms with E-state index in [0.717, 1.165) is 12.2 Å². The highest BCUT2D eigenvalue weighted by Crippen LogP contribution is 2.51. The minimum Gasteiger partial charge on any atom is -0.361 e. The Labute approximate surface area is 176 Å². The molecule has 0 spiro atoms. The number of nitrogens with two attached hydrogens (primary N) is 1. The van der Waals surface area contributed by atoms with Gasteiger partial charge in [0.25, 0.3) is 0 Å². The van der Waals surface area contributed by atoms with E-state index in [9.17, 15) is 4.79 Å². The van der Waals surface area contributed by atoms with Crippen molar-refractivity contribution in [3.63, 3.8) is 0 Å². The molecule has 0 aromatic rings. The van der Waals surface area contributed by atoms with Crippen molar-refractivity contribution < 1.29 is 9.53 Å². The lowest BCUT2D eigenvalue weighted by atomic mass is 9.29. The van der Waals surface area contributed by atoms with Gasteiger partial charge in [0.15, 0.2) is 0 Å². The maximum atomic E-state index is 12.1. The SMILES string of the molecule is CCC(C)(C)[B]C1CCC1[B]C(C)(C)CCOC(C)(N)CCC(=O)C(C)(C)C. The van der Waals surface area contributed by atoms with Crippen LogP contribution in [0, 0.1) is 5.41 Å². The van der Waals surface area contributed by atoms with Gasteiger partial charge in [0.05, 0.1) is 0 Å². The molecule has 0 heterocycles. The summed E-state index contributed by atoms with van der Waals surface area (Å²) >= 11 is 0. The molecule has 0 bridgehead atoms. The topological polar surface area (TPSA) is 52.3 Å². The standard InChI is InChI=1S/C23H45B2NO2/c1-10-21(5,6)24-17-11-12-18(17)25-22(7,8)15-16-28-23(9,26)14-13-19(27)20(2,3)4/h17-18H,10-16,26H2,1-9H3. The van der Waals surface area contributed by atoms with Gasteiger partial charge in [-0.3, -0.25) is 4.79 Å². The first kappa shape index (κ1) is 25.8. The maximum Gasteiger partial charge on any atom is 0.138 e. The summed E-state index contributed by atoms with van der Waals surface area (Å²) in [5.41, 5.74) is 5.24. The van der Waals surface area contributed by atoms with Crippen LogP contribution in [0.25, 0.3) is 0 Å². The third-order valence-corrected chi connectivity index (χ3v) is 6.49. The lowest BCUT2D eigenvalue weighted by Gasteiger charge is -2.44. The third kappa shape index (κ3) is 9.03. The van der Waals surface area contributed by atoms with E-state index < -0.39 is 5.72 Å². The van der Waals surface area contributed by atoms with Gasteiger partial charge in [-0.1, -0.05) is 96.9 Å². The van der Waals surface area contributed by atoms with Gasteiger partial charge in [0.1, 0.15) is 26.1 Å². The molecule has 1 aliphatic carbocycles. The number of carbonyl (C=O) groups is 1. The van der Waals surface area contributed by atoms with Crippen molar-refractivity contribution >= 4 is 20.3 Å². The minimum absolute atomic E-state index is 0.130. The largest absolute Gasteiger partial charge is 0.361 e. The summed E-state index contributed by atoms with van der Waals surface area (Å²) in [7, 11) is 5.12. The molecule has 5 heteroatoms. The summed E-state index contributed by atoms with van der Waals surface area (Å²) in [6.07, 6.45) is 5.81. The molecule has 0 saturated heterocycles.